The van der Waals surface area contributed by atoms with Crippen molar-refractivity contribution in [1.82, 2.24) is 24.7 Å². The number of pyridine rings is 2. The van der Waals surface area contributed by atoms with Crippen LogP contribution in [-0.2, 0) is 0 Å². The Hall–Kier alpha value is -4.69. The van der Waals surface area contributed by atoms with Gasteiger partial charge >= 0.3 is 0 Å². The lowest BCUT2D eigenvalue weighted by Gasteiger charge is -2.08. The highest BCUT2D eigenvalue weighted by molar-refractivity contribution is 7.13. The molecule has 0 aliphatic heterocycles. The monoisotopic (exact) mass is 488 g/mol. The summed E-state index contributed by atoms with van der Waals surface area (Å²) in [6.07, 6.45) is 5.09. The Morgan fingerprint density at radius 1 is 0.917 bits per heavy atom. The standard InChI is InChI=1S/C28H20N6OS/c1-18-23(16-30-34(18)26-10-9-19-5-2-3-8-24(19)32-26)27(35)31-22-7-4-6-21(15-22)25-17-36-28(33-25)20-11-13-29-14-12-20/h2-17H,1H3,(H,31,35). The normalized spacial score (nSPS) is 11.0. The predicted octanol–water partition coefficient (Wildman–Crippen LogP) is 6.17. The predicted molar refractivity (Wildman–Crippen MR) is 142 cm³/mol. The molecule has 8 heteroatoms. The SMILES string of the molecule is Cc1c(C(=O)Nc2cccc(-c3csc(-c4ccncc4)n3)c2)cnn1-c1ccc2ccccc2n1. The largest absolute Gasteiger partial charge is 0.322 e. The van der Waals surface area contributed by atoms with Gasteiger partial charge in [0.2, 0.25) is 0 Å². The molecule has 0 radical (unpaired) electrons. The fourth-order valence-electron chi connectivity index (χ4n) is 4.02. The summed E-state index contributed by atoms with van der Waals surface area (Å²) >= 11 is 1.57. The lowest BCUT2D eigenvalue weighted by Crippen LogP contribution is -2.13. The molecule has 0 bridgehead atoms. The van der Waals surface area contributed by atoms with E-state index in [2.05, 4.69) is 15.4 Å². The minimum Gasteiger partial charge on any atom is -0.322 e. The van der Waals surface area contributed by atoms with Crippen LogP contribution in [0.3, 0.4) is 0 Å². The minimum atomic E-state index is -0.229. The summed E-state index contributed by atoms with van der Waals surface area (Å²) in [6, 6.07) is 23.4. The molecule has 174 valence electrons. The van der Waals surface area contributed by atoms with E-state index in [1.54, 1.807) is 34.6 Å². The Labute approximate surface area is 211 Å². The maximum atomic E-state index is 13.1. The molecule has 0 atom stereocenters. The van der Waals surface area contributed by atoms with E-state index < -0.39 is 0 Å². The Kier molecular flexibility index (Phi) is 5.55. The Morgan fingerprint density at radius 3 is 2.67 bits per heavy atom. The van der Waals surface area contributed by atoms with Gasteiger partial charge in [-0.25, -0.2) is 14.6 Å². The molecule has 0 aliphatic carbocycles. The van der Waals surface area contributed by atoms with Gasteiger partial charge < -0.3 is 5.32 Å². The van der Waals surface area contributed by atoms with Gasteiger partial charge in [0.1, 0.15) is 5.01 Å². The van der Waals surface area contributed by atoms with E-state index >= 15 is 0 Å². The first-order valence-corrected chi connectivity index (χ1v) is 12.2. The number of fused-ring (bicyclic) bond motifs is 1. The second-order valence-electron chi connectivity index (χ2n) is 8.23. The van der Waals surface area contributed by atoms with Crippen LogP contribution in [-0.4, -0.2) is 30.6 Å². The highest BCUT2D eigenvalue weighted by atomic mass is 32.1. The third-order valence-corrected chi connectivity index (χ3v) is 6.79. The third-order valence-electron chi connectivity index (χ3n) is 5.90. The highest BCUT2D eigenvalue weighted by Gasteiger charge is 2.17. The van der Waals surface area contributed by atoms with E-state index in [0.29, 0.717) is 22.8 Å². The molecule has 1 N–H and O–H groups in total. The summed E-state index contributed by atoms with van der Waals surface area (Å²) in [5.41, 5.74) is 5.58. The molecule has 6 aromatic rings. The summed E-state index contributed by atoms with van der Waals surface area (Å²) in [6.45, 7) is 1.87. The van der Waals surface area contributed by atoms with Gasteiger partial charge in [-0.15, -0.1) is 11.3 Å². The number of para-hydroxylation sites is 1. The summed E-state index contributed by atoms with van der Waals surface area (Å²) < 4.78 is 1.69. The van der Waals surface area contributed by atoms with Crippen LogP contribution in [0.4, 0.5) is 5.69 Å². The van der Waals surface area contributed by atoms with Crippen LogP contribution in [0.2, 0.25) is 0 Å². The number of nitrogens with one attached hydrogen (secondary N) is 1. The molecule has 4 aromatic heterocycles. The summed E-state index contributed by atoms with van der Waals surface area (Å²) in [5, 5.41) is 11.4. The molecule has 6 rings (SSSR count). The van der Waals surface area contributed by atoms with Gasteiger partial charge in [-0.3, -0.25) is 9.78 Å². The van der Waals surface area contributed by atoms with Crippen molar-refractivity contribution in [3.63, 3.8) is 0 Å². The smallest absolute Gasteiger partial charge is 0.259 e. The second-order valence-corrected chi connectivity index (χ2v) is 9.08. The summed E-state index contributed by atoms with van der Waals surface area (Å²) in [7, 11) is 0. The van der Waals surface area contributed by atoms with E-state index in [1.165, 1.54) is 0 Å². The van der Waals surface area contributed by atoms with Crippen molar-refractivity contribution >= 4 is 33.8 Å². The van der Waals surface area contributed by atoms with Gasteiger partial charge in [0, 0.05) is 40.0 Å². The molecule has 0 saturated heterocycles. The van der Waals surface area contributed by atoms with Gasteiger partial charge in [0.05, 0.1) is 28.7 Å². The molecule has 4 heterocycles. The number of carbonyl (C=O) groups excluding carboxylic acids is 1. The van der Waals surface area contributed by atoms with E-state index in [1.807, 2.05) is 85.1 Å². The van der Waals surface area contributed by atoms with Crippen LogP contribution in [0.25, 0.3) is 38.5 Å². The van der Waals surface area contributed by atoms with Crippen LogP contribution in [0.1, 0.15) is 16.1 Å². The van der Waals surface area contributed by atoms with Crippen LogP contribution in [0, 0.1) is 6.92 Å². The molecular formula is C28H20N6OS. The molecule has 0 aliphatic rings. The van der Waals surface area contributed by atoms with Crippen molar-refractivity contribution in [3.05, 3.63) is 108 Å². The second kappa shape index (κ2) is 9.16. The maximum absolute atomic E-state index is 13.1. The zero-order valence-electron chi connectivity index (χ0n) is 19.3. The zero-order valence-corrected chi connectivity index (χ0v) is 20.1. The first-order valence-electron chi connectivity index (χ1n) is 11.3. The van der Waals surface area contributed by atoms with Crippen molar-refractivity contribution in [2.45, 2.75) is 6.92 Å². The first-order chi connectivity index (χ1) is 17.7. The molecular weight excluding hydrogens is 468 g/mol. The summed E-state index contributed by atoms with van der Waals surface area (Å²) in [4.78, 5) is 26.6. The number of thiazole rings is 1. The lowest BCUT2D eigenvalue weighted by molar-refractivity contribution is 0.102. The maximum Gasteiger partial charge on any atom is 0.259 e. The quantitative estimate of drug-likeness (QED) is 0.314. The van der Waals surface area contributed by atoms with Crippen molar-refractivity contribution in [2.24, 2.45) is 0 Å². The van der Waals surface area contributed by atoms with Crippen LogP contribution >= 0.6 is 11.3 Å². The molecule has 36 heavy (non-hydrogen) atoms. The first kappa shape index (κ1) is 21.8. The number of rotatable bonds is 5. The Morgan fingerprint density at radius 2 is 1.78 bits per heavy atom. The fourth-order valence-corrected chi connectivity index (χ4v) is 4.86. The Balaban J connectivity index is 1.23. The lowest BCUT2D eigenvalue weighted by atomic mass is 10.1. The number of hydrogen-bond acceptors (Lipinski definition) is 6. The molecule has 2 aromatic carbocycles. The molecule has 0 saturated carbocycles. The van der Waals surface area contributed by atoms with E-state index in [4.69, 9.17) is 9.97 Å². The van der Waals surface area contributed by atoms with Crippen molar-refractivity contribution in [2.75, 3.05) is 5.32 Å². The number of hydrogen-bond donors (Lipinski definition) is 1. The van der Waals surface area contributed by atoms with Gasteiger partial charge in [0.15, 0.2) is 5.82 Å². The minimum absolute atomic E-state index is 0.229. The number of aromatic nitrogens is 5. The van der Waals surface area contributed by atoms with Gasteiger partial charge in [-0.05, 0) is 49.4 Å². The zero-order chi connectivity index (χ0) is 24.5. The molecule has 7 nitrogen and oxygen atoms in total. The number of benzene rings is 2. The fraction of sp³-hybridized carbons (Fsp3) is 0.0357. The number of nitrogens with zero attached hydrogens (tertiary/aromatic N) is 5. The van der Waals surface area contributed by atoms with Crippen LogP contribution in [0.5, 0.6) is 0 Å². The van der Waals surface area contributed by atoms with Gasteiger partial charge in [-0.2, -0.15) is 5.10 Å². The van der Waals surface area contributed by atoms with E-state index in [9.17, 15) is 4.79 Å². The third kappa shape index (κ3) is 4.14. The highest BCUT2D eigenvalue weighted by Crippen LogP contribution is 2.30. The van der Waals surface area contributed by atoms with Crippen LogP contribution in [0.15, 0.2) is 96.8 Å². The van der Waals surface area contributed by atoms with Crippen molar-refractivity contribution < 1.29 is 4.79 Å². The average Bonchev–Trinajstić information content (AvgIpc) is 3.56. The van der Waals surface area contributed by atoms with E-state index in [0.717, 1.165) is 32.7 Å². The van der Waals surface area contributed by atoms with Gasteiger partial charge in [0.25, 0.3) is 5.91 Å². The Bertz CT molecular complexity index is 1710. The number of carbonyl (C=O) groups is 1. The molecule has 1 amide bonds. The van der Waals surface area contributed by atoms with Crippen LogP contribution < -0.4 is 5.32 Å². The van der Waals surface area contributed by atoms with Gasteiger partial charge in [-0.1, -0.05) is 30.3 Å². The molecule has 0 unspecified atom stereocenters. The average molecular weight is 489 g/mol. The number of amides is 1. The van der Waals surface area contributed by atoms with Crippen molar-refractivity contribution in [3.8, 4) is 27.6 Å². The van der Waals surface area contributed by atoms with E-state index in [-0.39, 0.29) is 5.91 Å². The summed E-state index contributed by atoms with van der Waals surface area (Å²) in [5.74, 6) is 0.438. The topological polar surface area (TPSA) is 85.6 Å². The molecule has 0 spiro atoms. The van der Waals surface area contributed by atoms with Crippen molar-refractivity contribution in [1.29, 1.82) is 0 Å². The number of anilines is 1. The molecule has 0 fully saturated rings.